The highest BCUT2D eigenvalue weighted by atomic mass is 35.5. The summed E-state index contributed by atoms with van der Waals surface area (Å²) in [5.74, 6) is 0.291. The normalized spacial score (nSPS) is 11.0. The van der Waals surface area contributed by atoms with Crippen LogP contribution < -0.4 is 15.0 Å². The molecule has 27 heavy (non-hydrogen) atoms. The van der Waals surface area contributed by atoms with E-state index < -0.39 is 5.41 Å². The molecule has 0 aliphatic rings. The molecule has 2 aromatic rings. The summed E-state index contributed by atoms with van der Waals surface area (Å²) in [7, 11) is 1.74. The average molecular weight is 389 g/mol. The lowest BCUT2D eigenvalue weighted by atomic mass is 9.95. The van der Waals surface area contributed by atoms with Crippen molar-refractivity contribution in [3.63, 3.8) is 0 Å². The van der Waals surface area contributed by atoms with Gasteiger partial charge in [-0.2, -0.15) is 0 Å². The van der Waals surface area contributed by atoms with E-state index >= 15 is 0 Å². The van der Waals surface area contributed by atoms with Gasteiger partial charge in [0.05, 0.1) is 0 Å². The van der Waals surface area contributed by atoms with Crippen molar-refractivity contribution >= 4 is 34.8 Å². The molecule has 0 saturated heterocycles. The van der Waals surface area contributed by atoms with Gasteiger partial charge in [-0.1, -0.05) is 38.4 Å². The van der Waals surface area contributed by atoms with Gasteiger partial charge in [-0.25, -0.2) is 0 Å². The number of halogens is 1. The molecule has 6 heteroatoms. The van der Waals surface area contributed by atoms with Crippen molar-refractivity contribution in [2.75, 3.05) is 23.9 Å². The van der Waals surface area contributed by atoms with Crippen molar-refractivity contribution < 1.29 is 14.3 Å². The molecule has 2 aromatic carbocycles. The number of anilines is 2. The van der Waals surface area contributed by atoms with Crippen LogP contribution in [0.1, 0.15) is 26.3 Å². The number of hydrogen-bond acceptors (Lipinski definition) is 3. The zero-order valence-corrected chi connectivity index (χ0v) is 17.1. The second kappa shape index (κ2) is 8.44. The van der Waals surface area contributed by atoms with Crippen LogP contribution in [0, 0.1) is 12.3 Å². The predicted molar refractivity (Wildman–Crippen MR) is 110 cm³/mol. The van der Waals surface area contributed by atoms with Gasteiger partial charge in [0.15, 0.2) is 6.61 Å². The molecule has 0 radical (unpaired) electrons. The molecule has 0 aliphatic heterocycles. The van der Waals surface area contributed by atoms with Gasteiger partial charge in [0.1, 0.15) is 5.75 Å². The van der Waals surface area contributed by atoms with E-state index in [4.69, 9.17) is 16.3 Å². The lowest BCUT2D eigenvalue weighted by Crippen LogP contribution is -2.36. The maximum Gasteiger partial charge on any atom is 0.262 e. The predicted octanol–water partition coefficient (Wildman–Crippen LogP) is 4.67. The first-order chi connectivity index (χ1) is 12.6. The van der Waals surface area contributed by atoms with Crippen LogP contribution >= 0.6 is 11.6 Å². The standard InChI is InChI=1S/C21H25ClN2O3/c1-14-6-7-15(12-18(14)22)23-19(25)13-27-17-10-8-16(9-11-17)24(5)20(26)21(2,3)4/h6-12H,13H2,1-5H3,(H,23,25). The van der Waals surface area contributed by atoms with Crippen molar-refractivity contribution in [2.45, 2.75) is 27.7 Å². The van der Waals surface area contributed by atoms with Crippen LogP contribution in [0.5, 0.6) is 5.75 Å². The maximum absolute atomic E-state index is 12.3. The Morgan fingerprint density at radius 1 is 1.11 bits per heavy atom. The number of rotatable bonds is 5. The lowest BCUT2D eigenvalue weighted by molar-refractivity contribution is -0.125. The van der Waals surface area contributed by atoms with Crippen LogP contribution in [0.3, 0.4) is 0 Å². The third-order valence-corrected chi connectivity index (χ3v) is 4.40. The summed E-state index contributed by atoms with van der Waals surface area (Å²) in [5.41, 5.74) is 1.87. The fourth-order valence-corrected chi connectivity index (χ4v) is 2.58. The van der Waals surface area contributed by atoms with Crippen molar-refractivity contribution in [3.8, 4) is 5.75 Å². The zero-order valence-electron chi connectivity index (χ0n) is 16.3. The summed E-state index contributed by atoms with van der Waals surface area (Å²) in [6, 6.07) is 12.4. The summed E-state index contributed by atoms with van der Waals surface area (Å²) in [6.45, 7) is 7.41. The molecule has 0 unspecified atom stereocenters. The van der Waals surface area contributed by atoms with Crippen molar-refractivity contribution in [1.29, 1.82) is 0 Å². The molecule has 0 heterocycles. The van der Waals surface area contributed by atoms with Crippen LogP contribution in [-0.2, 0) is 9.59 Å². The number of hydrogen-bond donors (Lipinski definition) is 1. The van der Waals surface area contributed by atoms with E-state index in [9.17, 15) is 9.59 Å². The Balaban J connectivity index is 1.91. The topological polar surface area (TPSA) is 58.6 Å². The van der Waals surface area contributed by atoms with Gasteiger partial charge in [-0.3, -0.25) is 9.59 Å². The lowest BCUT2D eigenvalue weighted by Gasteiger charge is -2.26. The van der Waals surface area contributed by atoms with E-state index in [0.29, 0.717) is 16.5 Å². The monoisotopic (exact) mass is 388 g/mol. The Morgan fingerprint density at radius 3 is 2.30 bits per heavy atom. The smallest absolute Gasteiger partial charge is 0.262 e. The number of ether oxygens (including phenoxy) is 1. The highest BCUT2D eigenvalue weighted by molar-refractivity contribution is 6.31. The quantitative estimate of drug-likeness (QED) is 0.809. The van der Waals surface area contributed by atoms with Gasteiger partial charge in [0.25, 0.3) is 5.91 Å². The first-order valence-corrected chi connectivity index (χ1v) is 9.03. The van der Waals surface area contributed by atoms with Crippen molar-refractivity contribution in [1.82, 2.24) is 0 Å². The van der Waals surface area contributed by atoms with Gasteiger partial charge in [0, 0.05) is 28.9 Å². The molecule has 0 aromatic heterocycles. The number of carbonyl (C=O) groups excluding carboxylic acids is 2. The molecule has 5 nitrogen and oxygen atoms in total. The molecule has 2 amide bonds. The van der Waals surface area contributed by atoms with E-state index in [2.05, 4.69) is 5.32 Å². The van der Waals surface area contributed by atoms with Crippen LogP contribution in [0.15, 0.2) is 42.5 Å². The van der Waals surface area contributed by atoms with Crippen LogP contribution in [0.2, 0.25) is 5.02 Å². The van der Waals surface area contributed by atoms with E-state index in [-0.39, 0.29) is 18.4 Å². The third kappa shape index (κ3) is 5.73. The van der Waals surface area contributed by atoms with Crippen LogP contribution in [-0.4, -0.2) is 25.5 Å². The van der Waals surface area contributed by atoms with Crippen molar-refractivity contribution in [3.05, 3.63) is 53.1 Å². The number of nitrogens with one attached hydrogen (secondary N) is 1. The summed E-state index contributed by atoms with van der Waals surface area (Å²) in [4.78, 5) is 25.9. The summed E-state index contributed by atoms with van der Waals surface area (Å²) in [5, 5.41) is 3.34. The fourth-order valence-electron chi connectivity index (χ4n) is 2.40. The Hall–Kier alpha value is -2.53. The molecule has 0 spiro atoms. The number of aryl methyl sites for hydroxylation is 1. The largest absolute Gasteiger partial charge is 0.484 e. The van der Waals surface area contributed by atoms with Gasteiger partial charge in [0.2, 0.25) is 5.91 Å². The minimum Gasteiger partial charge on any atom is -0.484 e. The number of carbonyl (C=O) groups is 2. The Bertz CT molecular complexity index is 826. The second-order valence-corrected chi connectivity index (χ2v) is 7.82. The molecule has 0 bridgehead atoms. The van der Waals surface area contributed by atoms with E-state index in [1.54, 1.807) is 48.3 Å². The van der Waals surface area contributed by atoms with E-state index in [0.717, 1.165) is 11.3 Å². The zero-order chi connectivity index (χ0) is 20.2. The molecule has 1 N–H and O–H groups in total. The summed E-state index contributed by atoms with van der Waals surface area (Å²) >= 11 is 6.05. The Morgan fingerprint density at radius 2 is 1.74 bits per heavy atom. The first-order valence-electron chi connectivity index (χ1n) is 8.65. The molecule has 0 saturated carbocycles. The molecule has 0 fully saturated rings. The fraction of sp³-hybridized carbons (Fsp3) is 0.333. The Labute approximate surface area is 165 Å². The molecule has 0 atom stereocenters. The summed E-state index contributed by atoms with van der Waals surface area (Å²) in [6.07, 6.45) is 0. The number of nitrogens with zero attached hydrogens (tertiary/aromatic N) is 1. The third-order valence-electron chi connectivity index (χ3n) is 4.00. The molecule has 144 valence electrons. The summed E-state index contributed by atoms with van der Waals surface area (Å²) < 4.78 is 5.51. The van der Waals surface area contributed by atoms with E-state index in [1.807, 2.05) is 33.8 Å². The van der Waals surface area contributed by atoms with E-state index in [1.165, 1.54) is 0 Å². The average Bonchev–Trinajstić information content (AvgIpc) is 2.61. The minimum atomic E-state index is -0.457. The van der Waals surface area contributed by atoms with Crippen LogP contribution in [0.25, 0.3) is 0 Å². The molecule has 0 aliphatic carbocycles. The number of amides is 2. The first kappa shape index (κ1) is 20.8. The maximum atomic E-state index is 12.3. The van der Waals surface area contributed by atoms with Gasteiger partial charge in [-0.05, 0) is 48.9 Å². The van der Waals surface area contributed by atoms with Gasteiger partial charge < -0.3 is 15.0 Å². The molecular formula is C21H25ClN2O3. The van der Waals surface area contributed by atoms with Crippen LogP contribution in [0.4, 0.5) is 11.4 Å². The van der Waals surface area contributed by atoms with Gasteiger partial charge >= 0.3 is 0 Å². The SMILES string of the molecule is Cc1ccc(NC(=O)COc2ccc(N(C)C(=O)C(C)(C)C)cc2)cc1Cl. The molecule has 2 rings (SSSR count). The minimum absolute atomic E-state index is 0.0207. The van der Waals surface area contributed by atoms with Crippen molar-refractivity contribution in [2.24, 2.45) is 5.41 Å². The second-order valence-electron chi connectivity index (χ2n) is 7.41. The highest BCUT2D eigenvalue weighted by Crippen LogP contribution is 2.24. The highest BCUT2D eigenvalue weighted by Gasteiger charge is 2.25. The Kier molecular flexibility index (Phi) is 6.50. The number of benzene rings is 2. The molecular weight excluding hydrogens is 364 g/mol. The van der Waals surface area contributed by atoms with Gasteiger partial charge in [-0.15, -0.1) is 0 Å².